The van der Waals surface area contributed by atoms with Crippen LogP contribution in [-0.4, -0.2) is 0 Å². The van der Waals surface area contributed by atoms with Crippen LogP contribution in [-0.2, 0) is 6.18 Å². The predicted octanol–water partition coefficient (Wildman–Crippen LogP) is 6.69. The molecule has 3 atom stereocenters. The summed E-state index contributed by atoms with van der Waals surface area (Å²) in [4.78, 5) is 0. The van der Waals surface area contributed by atoms with E-state index in [4.69, 9.17) is 0 Å². The van der Waals surface area contributed by atoms with E-state index in [1.807, 2.05) is 24.3 Å². The maximum absolute atomic E-state index is 13.7. The standard InChI is InChI=1S/C23H18F3N/c24-23(25,26)20-11-4-3-8-19(20)22-17-10-5-9-16(17)18-13-12-14-6-1-2-7-15(14)21(18)27-22/h1-9,11-13,16-17,22,27H,10H2/t16-,17+,22+/m0/s1. The smallest absolute Gasteiger partial charge is 0.377 e. The summed E-state index contributed by atoms with van der Waals surface area (Å²) in [5.74, 6) is 0.222. The molecule has 3 aromatic rings. The van der Waals surface area contributed by atoms with E-state index in [0.29, 0.717) is 5.56 Å². The van der Waals surface area contributed by atoms with Crippen molar-refractivity contribution in [3.05, 3.63) is 89.5 Å². The first-order chi connectivity index (χ1) is 13.0. The van der Waals surface area contributed by atoms with Crippen LogP contribution < -0.4 is 5.32 Å². The number of nitrogens with one attached hydrogen (secondary N) is 1. The van der Waals surface area contributed by atoms with Crippen LogP contribution in [0.15, 0.2) is 72.8 Å². The van der Waals surface area contributed by atoms with Gasteiger partial charge in [-0.2, -0.15) is 13.2 Å². The van der Waals surface area contributed by atoms with Gasteiger partial charge >= 0.3 is 6.18 Å². The number of alkyl halides is 3. The Morgan fingerprint density at radius 1 is 0.852 bits per heavy atom. The van der Waals surface area contributed by atoms with Crippen LogP contribution in [0.5, 0.6) is 0 Å². The summed E-state index contributed by atoms with van der Waals surface area (Å²) in [6.07, 6.45) is 0.673. The lowest BCUT2D eigenvalue weighted by atomic mass is 9.75. The molecule has 4 heteroatoms. The Labute approximate surface area is 155 Å². The maximum Gasteiger partial charge on any atom is 0.416 e. The van der Waals surface area contributed by atoms with Crippen molar-refractivity contribution in [3.63, 3.8) is 0 Å². The zero-order valence-corrected chi connectivity index (χ0v) is 14.5. The van der Waals surface area contributed by atoms with Crippen molar-refractivity contribution in [3.8, 4) is 0 Å². The normalized spacial score (nSPS) is 23.7. The van der Waals surface area contributed by atoms with Gasteiger partial charge in [0.1, 0.15) is 0 Å². The largest absolute Gasteiger partial charge is 0.416 e. The highest BCUT2D eigenvalue weighted by Crippen LogP contribution is 2.52. The molecule has 0 saturated heterocycles. The monoisotopic (exact) mass is 365 g/mol. The van der Waals surface area contributed by atoms with Crippen LogP contribution in [0.25, 0.3) is 10.8 Å². The average Bonchev–Trinajstić information content (AvgIpc) is 3.16. The highest BCUT2D eigenvalue weighted by atomic mass is 19.4. The molecule has 3 aromatic carbocycles. The fourth-order valence-corrected chi connectivity index (χ4v) is 4.67. The van der Waals surface area contributed by atoms with Gasteiger partial charge in [-0.1, -0.05) is 66.7 Å². The Balaban J connectivity index is 1.71. The number of halogens is 3. The molecule has 136 valence electrons. The number of anilines is 1. The third-order valence-electron chi connectivity index (χ3n) is 5.86. The van der Waals surface area contributed by atoms with Crippen molar-refractivity contribution in [2.24, 2.45) is 5.92 Å². The predicted molar refractivity (Wildman–Crippen MR) is 102 cm³/mol. The Morgan fingerprint density at radius 2 is 1.63 bits per heavy atom. The van der Waals surface area contributed by atoms with Crippen LogP contribution in [0.3, 0.4) is 0 Å². The van der Waals surface area contributed by atoms with E-state index < -0.39 is 11.7 Å². The molecule has 0 bridgehead atoms. The Kier molecular flexibility index (Phi) is 3.58. The third-order valence-corrected chi connectivity index (χ3v) is 5.86. The van der Waals surface area contributed by atoms with E-state index in [2.05, 4.69) is 29.6 Å². The minimum Gasteiger partial charge on any atom is -0.377 e. The Hall–Kier alpha value is -2.75. The molecule has 1 N–H and O–H groups in total. The number of allylic oxidation sites excluding steroid dienone is 2. The lowest BCUT2D eigenvalue weighted by Crippen LogP contribution is -2.30. The van der Waals surface area contributed by atoms with Crippen LogP contribution in [0.2, 0.25) is 0 Å². The van der Waals surface area contributed by atoms with Crippen LogP contribution in [0.4, 0.5) is 18.9 Å². The van der Waals surface area contributed by atoms with Gasteiger partial charge in [-0.15, -0.1) is 0 Å². The number of hydrogen-bond acceptors (Lipinski definition) is 1. The summed E-state index contributed by atoms with van der Waals surface area (Å²) in [5.41, 5.74) is 1.93. The molecule has 0 saturated carbocycles. The van der Waals surface area contributed by atoms with Crippen molar-refractivity contribution in [1.29, 1.82) is 0 Å². The molecule has 1 nitrogen and oxygen atoms in total. The molecule has 27 heavy (non-hydrogen) atoms. The minimum absolute atomic E-state index is 0.0853. The lowest BCUT2D eigenvalue weighted by Gasteiger charge is -2.39. The van der Waals surface area contributed by atoms with E-state index in [9.17, 15) is 13.2 Å². The molecule has 1 aliphatic heterocycles. The molecule has 0 amide bonds. The summed E-state index contributed by atoms with van der Waals surface area (Å²) < 4.78 is 41.0. The van der Waals surface area contributed by atoms with Crippen molar-refractivity contribution in [1.82, 2.24) is 0 Å². The van der Waals surface area contributed by atoms with Crippen molar-refractivity contribution in [2.45, 2.75) is 24.6 Å². The molecule has 1 heterocycles. The van der Waals surface area contributed by atoms with Gasteiger partial charge in [-0.3, -0.25) is 0 Å². The quantitative estimate of drug-likeness (QED) is 0.474. The number of rotatable bonds is 1. The van der Waals surface area contributed by atoms with Gasteiger partial charge in [-0.25, -0.2) is 0 Å². The molecule has 1 aliphatic carbocycles. The van der Waals surface area contributed by atoms with E-state index in [1.54, 1.807) is 12.1 Å². The van der Waals surface area contributed by atoms with E-state index in [1.165, 1.54) is 17.7 Å². The fraction of sp³-hybridized carbons (Fsp3) is 0.217. The Morgan fingerprint density at radius 3 is 2.48 bits per heavy atom. The second-order valence-corrected chi connectivity index (χ2v) is 7.31. The van der Waals surface area contributed by atoms with Gasteiger partial charge in [0.15, 0.2) is 0 Å². The first kappa shape index (κ1) is 16.4. The molecular weight excluding hydrogens is 347 g/mol. The zero-order valence-electron chi connectivity index (χ0n) is 14.5. The summed E-state index contributed by atoms with van der Waals surface area (Å²) in [6.45, 7) is 0. The van der Waals surface area contributed by atoms with Crippen molar-refractivity contribution >= 4 is 16.5 Å². The first-order valence-electron chi connectivity index (χ1n) is 9.15. The first-order valence-corrected chi connectivity index (χ1v) is 9.15. The summed E-state index contributed by atoms with van der Waals surface area (Å²) in [5, 5.41) is 5.65. The molecular formula is C23H18F3N. The van der Waals surface area contributed by atoms with Gasteiger partial charge in [0.25, 0.3) is 0 Å². The molecule has 0 fully saturated rings. The van der Waals surface area contributed by atoms with Crippen LogP contribution in [0, 0.1) is 5.92 Å². The third kappa shape index (κ3) is 2.54. The minimum atomic E-state index is -4.36. The highest BCUT2D eigenvalue weighted by Gasteiger charge is 2.42. The van der Waals surface area contributed by atoms with Gasteiger partial charge in [0.2, 0.25) is 0 Å². The van der Waals surface area contributed by atoms with Crippen LogP contribution in [0.1, 0.15) is 35.1 Å². The number of benzene rings is 3. The molecule has 5 rings (SSSR count). The van der Waals surface area contributed by atoms with Gasteiger partial charge in [0, 0.05) is 17.0 Å². The second-order valence-electron chi connectivity index (χ2n) is 7.31. The van der Waals surface area contributed by atoms with Gasteiger partial charge in [-0.05, 0) is 34.9 Å². The Bertz CT molecular complexity index is 1050. The van der Waals surface area contributed by atoms with Crippen LogP contribution >= 0.6 is 0 Å². The highest BCUT2D eigenvalue weighted by molar-refractivity contribution is 5.96. The van der Waals surface area contributed by atoms with Gasteiger partial charge in [0.05, 0.1) is 11.6 Å². The van der Waals surface area contributed by atoms with Crippen molar-refractivity contribution in [2.75, 3.05) is 5.32 Å². The average molecular weight is 365 g/mol. The lowest BCUT2D eigenvalue weighted by molar-refractivity contribution is -0.138. The maximum atomic E-state index is 13.7. The number of fused-ring (bicyclic) bond motifs is 5. The number of hydrogen-bond donors (Lipinski definition) is 1. The molecule has 2 aliphatic rings. The zero-order chi connectivity index (χ0) is 18.6. The van der Waals surface area contributed by atoms with Crippen molar-refractivity contribution < 1.29 is 13.2 Å². The molecule has 0 spiro atoms. The summed E-state index contributed by atoms with van der Waals surface area (Å²) in [7, 11) is 0. The topological polar surface area (TPSA) is 12.0 Å². The molecule has 0 aromatic heterocycles. The fourth-order valence-electron chi connectivity index (χ4n) is 4.67. The van der Waals surface area contributed by atoms with E-state index in [-0.39, 0.29) is 17.9 Å². The van der Waals surface area contributed by atoms with E-state index in [0.717, 1.165) is 22.9 Å². The molecule has 0 radical (unpaired) electrons. The summed E-state index contributed by atoms with van der Waals surface area (Å²) in [6, 6.07) is 17.8. The summed E-state index contributed by atoms with van der Waals surface area (Å²) >= 11 is 0. The van der Waals surface area contributed by atoms with Gasteiger partial charge < -0.3 is 5.32 Å². The van der Waals surface area contributed by atoms with E-state index >= 15 is 0 Å². The molecule has 0 unspecified atom stereocenters. The SMILES string of the molecule is FC(F)(F)c1ccccc1[C@@H]1Nc2c(ccc3ccccc23)[C@H]2C=CC[C@H]21. The second kappa shape index (κ2) is 5.88.